The quantitative estimate of drug-likeness (QED) is 0.653. The van der Waals surface area contributed by atoms with Gasteiger partial charge < -0.3 is 13.3 Å². The van der Waals surface area contributed by atoms with Gasteiger partial charge in [-0.2, -0.15) is 20.3 Å². The van der Waals surface area contributed by atoms with E-state index in [9.17, 15) is 0 Å². The van der Waals surface area contributed by atoms with Crippen molar-refractivity contribution in [1.29, 1.82) is 0 Å². The zero-order chi connectivity index (χ0) is 6.99. The van der Waals surface area contributed by atoms with E-state index in [-0.39, 0.29) is 21.1 Å². The summed E-state index contributed by atoms with van der Waals surface area (Å²) in [5, 5.41) is 0. The molecule has 0 heterocycles. The van der Waals surface area contributed by atoms with Crippen LogP contribution >= 0.6 is 0 Å². The summed E-state index contributed by atoms with van der Waals surface area (Å²) in [5.41, 5.74) is 0. The van der Waals surface area contributed by atoms with E-state index in [1.165, 1.54) is 0 Å². The van der Waals surface area contributed by atoms with E-state index in [4.69, 9.17) is 0 Å². The third-order valence-electron chi connectivity index (χ3n) is 0.577. The average Bonchev–Trinajstić information content (AvgIpc) is 1.69. The molecule has 0 atom stereocenters. The van der Waals surface area contributed by atoms with Crippen LogP contribution in [-0.4, -0.2) is 0 Å². The molecule has 0 unspecified atom stereocenters. The van der Waals surface area contributed by atoms with Gasteiger partial charge in [0.2, 0.25) is 0 Å². The molecule has 0 aromatic rings. The van der Waals surface area contributed by atoms with E-state index >= 15 is 0 Å². The van der Waals surface area contributed by atoms with Crippen LogP contribution in [0.25, 0.3) is 0 Å². The molecule has 0 aromatic heterocycles. The monoisotopic (exact) mass is 298 g/mol. The number of hydrogen-bond acceptors (Lipinski definition) is 0. The first-order chi connectivity index (χ1) is 3.68. The Labute approximate surface area is 74.7 Å². The minimum Gasteiger partial charge on any atom is -0.343 e. The van der Waals surface area contributed by atoms with Gasteiger partial charge in [-0.3, -0.25) is 0 Å². The molecule has 0 aromatic carbocycles. The first-order valence-electron chi connectivity index (χ1n) is 3.22. The van der Waals surface area contributed by atoms with Gasteiger partial charge in [0, 0.05) is 0 Å². The third kappa shape index (κ3) is 53.8. The molecule has 0 bridgehead atoms. The second-order valence-corrected chi connectivity index (χ2v) is 2.26. The second kappa shape index (κ2) is 15.9. The SMILES string of the molecule is C[CH-]C.[CH2-]CC(C)C.[W+2]. The predicted molar refractivity (Wildman–Crippen MR) is 40.5 cm³/mol. The fraction of sp³-hybridized carbons (Fsp3) is 0.750. The summed E-state index contributed by atoms with van der Waals surface area (Å²) in [4.78, 5) is 0. The molecule has 0 saturated carbocycles. The van der Waals surface area contributed by atoms with Gasteiger partial charge in [-0.15, -0.1) is 0 Å². The van der Waals surface area contributed by atoms with Crippen LogP contribution in [0.4, 0.5) is 0 Å². The van der Waals surface area contributed by atoms with Crippen LogP contribution in [0.1, 0.15) is 34.1 Å². The van der Waals surface area contributed by atoms with Gasteiger partial charge in [-0.1, -0.05) is 19.8 Å². The number of rotatable bonds is 1. The molecule has 0 aliphatic heterocycles. The molecule has 0 amide bonds. The maximum atomic E-state index is 3.69. The summed E-state index contributed by atoms with van der Waals surface area (Å²) in [7, 11) is 0. The Kier molecular flexibility index (Phi) is 28.8. The van der Waals surface area contributed by atoms with Crippen LogP contribution in [0, 0.1) is 19.3 Å². The molecule has 0 rings (SSSR count). The summed E-state index contributed by atoms with van der Waals surface area (Å²) < 4.78 is 0. The Morgan fingerprint density at radius 2 is 1.44 bits per heavy atom. The second-order valence-electron chi connectivity index (χ2n) is 2.26. The normalized spacial score (nSPS) is 7.33. The zero-order valence-electron chi connectivity index (χ0n) is 6.98. The van der Waals surface area contributed by atoms with Crippen molar-refractivity contribution in [2.24, 2.45) is 5.92 Å². The van der Waals surface area contributed by atoms with Crippen LogP contribution in [0.2, 0.25) is 0 Å². The van der Waals surface area contributed by atoms with Crippen LogP contribution in [0.3, 0.4) is 0 Å². The molecule has 0 aliphatic carbocycles. The Bertz CT molecular complexity index is 25.7. The van der Waals surface area contributed by atoms with Crippen LogP contribution in [0.15, 0.2) is 0 Å². The molecule has 0 N–H and O–H groups in total. The minimum absolute atomic E-state index is 0. The smallest absolute Gasteiger partial charge is 0.343 e. The van der Waals surface area contributed by atoms with E-state index in [0.717, 1.165) is 12.3 Å². The maximum Gasteiger partial charge on any atom is 2.00 e. The molecule has 0 nitrogen and oxygen atoms in total. The minimum atomic E-state index is 0. The first kappa shape index (κ1) is 16.3. The summed E-state index contributed by atoms with van der Waals surface area (Å²) in [6.45, 7) is 12.0. The Balaban J connectivity index is -0.0000000800. The summed E-state index contributed by atoms with van der Waals surface area (Å²) >= 11 is 0. The summed E-state index contributed by atoms with van der Waals surface area (Å²) in [5.74, 6) is 0.773. The molecule has 0 radical (unpaired) electrons. The van der Waals surface area contributed by atoms with E-state index in [0.29, 0.717) is 0 Å². The van der Waals surface area contributed by atoms with Crippen molar-refractivity contribution in [1.82, 2.24) is 0 Å². The molecule has 56 valence electrons. The van der Waals surface area contributed by atoms with Gasteiger partial charge in [0.05, 0.1) is 0 Å². The first-order valence-corrected chi connectivity index (χ1v) is 3.22. The topological polar surface area (TPSA) is 0 Å². The van der Waals surface area contributed by atoms with Gasteiger partial charge in [0.25, 0.3) is 0 Å². The molecule has 0 aliphatic rings. The van der Waals surface area contributed by atoms with Crippen molar-refractivity contribution >= 4 is 0 Å². The molecule has 0 saturated heterocycles. The van der Waals surface area contributed by atoms with Crippen molar-refractivity contribution in [3.63, 3.8) is 0 Å². The summed E-state index contributed by atoms with van der Waals surface area (Å²) in [6.07, 6.45) is 3.06. The Morgan fingerprint density at radius 1 is 1.33 bits per heavy atom. The largest absolute Gasteiger partial charge is 2.00 e. The molecule has 0 fully saturated rings. The zero-order valence-corrected chi connectivity index (χ0v) is 9.91. The standard InChI is InChI=1S/C5H11.C3H7.W/c1-4-5(2)3;1-3-2;/h5H,1,4H2,2-3H3;3H,1-2H3;/q2*-1;+2. The molecule has 1 heteroatoms. The molecular formula is C8H18W. The molecule has 9 heavy (non-hydrogen) atoms. The fourth-order valence-corrected chi connectivity index (χ4v) is 0. The third-order valence-corrected chi connectivity index (χ3v) is 0.577. The fourth-order valence-electron chi connectivity index (χ4n) is 0. The van der Waals surface area contributed by atoms with Crippen molar-refractivity contribution in [3.8, 4) is 0 Å². The van der Waals surface area contributed by atoms with Gasteiger partial charge in [0.1, 0.15) is 0 Å². The summed E-state index contributed by atoms with van der Waals surface area (Å²) in [6, 6.07) is 0. The van der Waals surface area contributed by atoms with Gasteiger partial charge >= 0.3 is 21.1 Å². The maximum absolute atomic E-state index is 3.69. The predicted octanol–water partition coefficient (Wildman–Crippen LogP) is 3.09. The van der Waals surface area contributed by atoms with E-state index in [1.807, 2.05) is 20.3 Å². The van der Waals surface area contributed by atoms with Crippen LogP contribution < -0.4 is 0 Å². The van der Waals surface area contributed by atoms with E-state index in [1.54, 1.807) is 0 Å². The Morgan fingerprint density at radius 3 is 1.44 bits per heavy atom. The van der Waals surface area contributed by atoms with Crippen molar-refractivity contribution in [2.75, 3.05) is 0 Å². The van der Waals surface area contributed by atoms with Gasteiger partial charge in [0.15, 0.2) is 0 Å². The van der Waals surface area contributed by atoms with Gasteiger partial charge in [-0.25, -0.2) is 0 Å². The van der Waals surface area contributed by atoms with E-state index < -0.39 is 0 Å². The Hall–Kier alpha value is 0.688. The van der Waals surface area contributed by atoms with Crippen LogP contribution in [0.5, 0.6) is 0 Å². The van der Waals surface area contributed by atoms with Crippen molar-refractivity contribution in [3.05, 3.63) is 13.3 Å². The number of hydrogen-bond donors (Lipinski definition) is 0. The van der Waals surface area contributed by atoms with E-state index in [2.05, 4.69) is 20.8 Å². The van der Waals surface area contributed by atoms with Crippen LogP contribution in [-0.2, 0) is 21.1 Å². The molecular weight excluding hydrogens is 280 g/mol. The molecule has 0 spiro atoms. The van der Waals surface area contributed by atoms with Crippen molar-refractivity contribution < 1.29 is 21.1 Å². The average molecular weight is 298 g/mol. The van der Waals surface area contributed by atoms with Gasteiger partial charge in [-0.05, 0) is 0 Å². The van der Waals surface area contributed by atoms with Crippen molar-refractivity contribution in [2.45, 2.75) is 34.1 Å².